The van der Waals surface area contributed by atoms with Crippen LogP contribution in [0.5, 0.6) is 0 Å². The summed E-state index contributed by atoms with van der Waals surface area (Å²) in [5.41, 5.74) is 0. The zero-order valence-corrected chi connectivity index (χ0v) is 21.9. The average molecular weight is 527 g/mol. The van der Waals surface area contributed by atoms with Crippen LogP contribution in [-0.2, 0) is 0 Å². The molecule has 4 rings (SSSR count). The van der Waals surface area contributed by atoms with Crippen molar-refractivity contribution in [2.45, 2.75) is 32.4 Å². The first-order valence-electron chi connectivity index (χ1n) is 10.4. The second-order valence-corrected chi connectivity index (χ2v) is 12.4. The topological polar surface area (TPSA) is 34.1 Å². The first-order valence-corrected chi connectivity index (χ1v) is 15.0. The number of ketones is 2. The second kappa shape index (κ2) is 12.6. The van der Waals surface area contributed by atoms with Crippen LogP contribution in [0.25, 0.3) is 0 Å². The van der Waals surface area contributed by atoms with Crippen LogP contribution in [0.3, 0.4) is 0 Å². The molecule has 4 aromatic rings. The maximum Gasteiger partial charge on any atom is 0.173 e. The van der Waals surface area contributed by atoms with Gasteiger partial charge in [-0.1, -0.05) is 23.9 Å². The molecule has 2 aromatic carbocycles. The minimum atomic E-state index is 0.223. The Hall–Kier alpha value is -1.77. The van der Waals surface area contributed by atoms with Crippen molar-refractivity contribution in [3.8, 4) is 0 Å². The number of thiophene rings is 2. The Kier molecular flexibility index (Phi) is 9.32. The van der Waals surface area contributed by atoms with E-state index in [9.17, 15) is 9.59 Å². The fourth-order valence-electron chi connectivity index (χ4n) is 2.99. The summed E-state index contributed by atoms with van der Waals surface area (Å²) in [6.45, 7) is 0. The first-order chi connectivity index (χ1) is 16.2. The van der Waals surface area contributed by atoms with Gasteiger partial charge in [0.05, 0.1) is 9.75 Å². The summed E-state index contributed by atoms with van der Waals surface area (Å²) < 4.78 is 0. The van der Waals surface area contributed by atoms with Gasteiger partial charge < -0.3 is 0 Å². The minimum absolute atomic E-state index is 0.223. The molecule has 0 saturated carbocycles. The molecule has 2 aromatic heterocycles. The van der Waals surface area contributed by atoms with Gasteiger partial charge in [-0.2, -0.15) is 0 Å². The highest BCUT2D eigenvalue weighted by molar-refractivity contribution is 8.00. The lowest BCUT2D eigenvalue weighted by Gasteiger charge is -2.06. The third kappa shape index (κ3) is 7.62. The standard InChI is InChI=1S/C26H22O2S5/c27-23(25-3-1-15-31-25)13-17-29-19-5-9-21(10-6-19)33-22-11-7-20(8-12-22)30-18-14-24(28)26-4-2-16-32-26/h1-12,15-16H,13-14,17-18H2. The molecule has 0 N–H and O–H groups in total. The van der Waals surface area contributed by atoms with Crippen molar-refractivity contribution in [1.82, 2.24) is 0 Å². The predicted octanol–water partition coefficient (Wildman–Crippen LogP) is 8.69. The zero-order chi connectivity index (χ0) is 22.9. The zero-order valence-electron chi connectivity index (χ0n) is 17.8. The van der Waals surface area contributed by atoms with Gasteiger partial charge in [-0.3, -0.25) is 9.59 Å². The van der Waals surface area contributed by atoms with Crippen LogP contribution in [0.15, 0.2) is 103 Å². The molecular weight excluding hydrogens is 505 g/mol. The fraction of sp³-hybridized carbons (Fsp3) is 0.154. The first kappa shape index (κ1) is 24.4. The number of hydrogen-bond acceptors (Lipinski definition) is 7. The summed E-state index contributed by atoms with van der Waals surface area (Å²) in [7, 11) is 0. The summed E-state index contributed by atoms with van der Waals surface area (Å²) in [5, 5.41) is 3.89. The maximum atomic E-state index is 12.1. The monoisotopic (exact) mass is 526 g/mol. The Morgan fingerprint density at radius 2 is 0.970 bits per heavy atom. The molecule has 0 aliphatic carbocycles. The van der Waals surface area contributed by atoms with Crippen LogP contribution in [-0.4, -0.2) is 23.1 Å². The van der Waals surface area contributed by atoms with E-state index in [1.807, 2.05) is 35.0 Å². The molecule has 0 saturated heterocycles. The smallest absolute Gasteiger partial charge is 0.173 e. The Bertz CT molecular complexity index is 1050. The molecule has 0 bridgehead atoms. The van der Waals surface area contributed by atoms with Crippen molar-refractivity contribution >= 4 is 69.5 Å². The fourth-order valence-corrected chi connectivity index (χ4v) is 6.90. The predicted molar refractivity (Wildman–Crippen MR) is 145 cm³/mol. The van der Waals surface area contributed by atoms with E-state index in [0.717, 1.165) is 21.3 Å². The van der Waals surface area contributed by atoms with E-state index in [2.05, 4.69) is 48.5 Å². The van der Waals surface area contributed by atoms with Crippen LogP contribution in [0.2, 0.25) is 0 Å². The maximum absolute atomic E-state index is 12.1. The minimum Gasteiger partial charge on any atom is -0.293 e. The Balaban J connectivity index is 1.19. The van der Waals surface area contributed by atoms with Crippen molar-refractivity contribution < 1.29 is 9.59 Å². The van der Waals surface area contributed by atoms with Gasteiger partial charge in [0.25, 0.3) is 0 Å². The van der Waals surface area contributed by atoms with Gasteiger partial charge in [0.2, 0.25) is 0 Å². The molecule has 0 aliphatic rings. The van der Waals surface area contributed by atoms with E-state index in [-0.39, 0.29) is 11.6 Å². The van der Waals surface area contributed by atoms with Crippen molar-refractivity contribution in [1.29, 1.82) is 0 Å². The summed E-state index contributed by atoms with van der Waals surface area (Å²) in [4.78, 5) is 30.6. The molecule has 33 heavy (non-hydrogen) atoms. The average Bonchev–Trinajstić information content (AvgIpc) is 3.56. The number of rotatable bonds is 12. The van der Waals surface area contributed by atoms with Gasteiger partial charge in [0, 0.05) is 43.9 Å². The van der Waals surface area contributed by atoms with Gasteiger partial charge >= 0.3 is 0 Å². The van der Waals surface area contributed by atoms with Crippen LogP contribution in [0.4, 0.5) is 0 Å². The molecule has 0 unspecified atom stereocenters. The van der Waals surface area contributed by atoms with E-state index in [1.54, 1.807) is 35.3 Å². The number of carbonyl (C=O) groups excluding carboxylic acids is 2. The van der Waals surface area contributed by atoms with Crippen molar-refractivity contribution in [2.75, 3.05) is 11.5 Å². The van der Waals surface area contributed by atoms with E-state index in [1.165, 1.54) is 42.3 Å². The number of Topliss-reactive ketones (excluding diaryl/α,β-unsaturated/α-hetero) is 2. The summed E-state index contributed by atoms with van der Waals surface area (Å²) in [6, 6.07) is 24.6. The summed E-state index contributed by atoms with van der Waals surface area (Å²) in [6.07, 6.45) is 1.13. The molecule has 2 heterocycles. The lowest BCUT2D eigenvalue weighted by atomic mass is 10.3. The molecule has 0 atom stereocenters. The lowest BCUT2D eigenvalue weighted by molar-refractivity contribution is 0.0985. The van der Waals surface area contributed by atoms with E-state index in [4.69, 9.17) is 0 Å². The van der Waals surface area contributed by atoms with Crippen LogP contribution in [0.1, 0.15) is 32.2 Å². The van der Waals surface area contributed by atoms with Crippen LogP contribution in [0, 0.1) is 0 Å². The molecular formula is C26H22O2S5. The van der Waals surface area contributed by atoms with Crippen LogP contribution >= 0.6 is 58.0 Å². The van der Waals surface area contributed by atoms with Crippen LogP contribution < -0.4 is 0 Å². The molecule has 7 heteroatoms. The summed E-state index contributed by atoms with van der Waals surface area (Å²) in [5.74, 6) is 2.03. The van der Waals surface area contributed by atoms with Gasteiger partial charge in [0.15, 0.2) is 11.6 Å². The largest absolute Gasteiger partial charge is 0.293 e. The van der Waals surface area contributed by atoms with Gasteiger partial charge in [-0.05, 0) is 71.4 Å². The van der Waals surface area contributed by atoms with E-state index >= 15 is 0 Å². The molecule has 0 spiro atoms. The molecule has 0 aliphatic heterocycles. The molecule has 168 valence electrons. The van der Waals surface area contributed by atoms with Crippen molar-refractivity contribution in [2.24, 2.45) is 0 Å². The van der Waals surface area contributed by atoms with Crippen molar-refractivity contribution in [3.63, 3.8) is 0 Å². The highest BCUT2D eigenvalue weighted by atomic mass is 32.2. The number of carbonyl (C=O) groups is 2. The van der Waals surface area contributed by atoms with E-state index < -0.39 is 0 Å². The third-order valence-electron chi connectivity index (χ3n) is 4.67. The quantitative estimate of drug-likeness (QED) is 0.136. The molecule has 0 amide bonds. The van der Waals surface area contributed by atoms with Crippen molar-refractivity contribution in [3.05, 3.63) is 93.3 Å². The summed E-state index contributed by atoms with van der Waals surface area (Å²) >= 11 is 8.19. The Morgan fingerprint density at radius 3 is 1.33 bits per heavy atom. The molecule has 2 nitrogen and oxygen atoms in total. The highest BCUT2D eigenvalue weighted by Gasteiger charge is 2.08. The van der Waals surface area contributed by atoms with Gasteiger partial charge in [-0.15, -0.1) is 46.2 Å². The molecule has 0 fully saturated rings. The number of benzene rings is 2. The van der Waals surface area contributed by atoms with Gasteiger partial charge in [-0.25, -0.2) is 0 Å². The third-order valence-corrected chi connectivity index (χ3v) is 9.54. The Labute approximate surface area is 215 Å². The highest BCUT2D eigenvalue weighted by Crippen LogP contribution is 2.31. The SMILES string of the molecule is O=C(CCSc1ccc(Sc2ccc(SCCC(=O)c3cccs3)cc2)cc1)c1cccs1. The normalized spacial score (nSPS) is 10.9. The number of hydrogen-bond donors (Lipinski definition) is 0. The Morgan fingerprint density at radius 1 is 0.576 bits per heavy atom. The number of thioether (sulfide) groups is 2. The molecule has 0 radical (unpaired) electrons. The van der Waals surface area contributed by atoms with E-state index in [0.29, 0.717) is 12.8 Å². The van der Waals surface area contributed by atoms with Gasteiger partial charge in [0.1, 0.15) is 0 Å². The lowest BCUT2D eigenvalue weighted by Crippen LogP contribution is -1.97. The second-order valence-electron chi connectivity index (χ2n) is 7.04.